The van der Waals surface area contributed by atoms with E-state index in [2.05, 4.69) is 5.16 Å². The molecule has 3 N–H and O–H groups in total. The summed E-state index contributed by atoms with van der Waals surface area (Å²) in [5, 5.41) is 11.7. The molecule has 1 aromatic carbocycles. The second-order valence-electron chi connectivity index (χ2n) is 5.43. The van der Waals surface area contributed by atoms with Crippen molar-refractivity contribution < 1.29 is 14.4 Å². The van der Waals surface area contributed by atoms with Crippen LogP contribution in [0.5, 0.6) is 0 Å². The Morgan fingerprint density at radius 2 is 2.14 bits per heavy atom. The molecular weight excluding hydrogens is 273 g/mol. The highest BCUT2D eigenvalue weighted by Gasteiger charge is 2.28. The number of oxime groups is 1. The monoisotopic (exact) mass is 293 g/mol. The summed E-state index contributed by atoms with van der Waals surface area (Å²) in [4.78, 5) is 14.3. The molecule has 1 aliphatic carbocycles. The van der Waals surface area contributed by atoms with E-state index in [1.54, 1.807) is 11.8 Å². The lowest BCUT2D eigenvalue weighted by Gasteiger charge is -2.28. The lowest BCUT2D eigenvalue weighted by molar-refractivity contribution is 0.0712. The molecule has 114 valence electrons. The van der Waals surface area contributed by atoms with Crippen LogP contribution in [0.1, 0.15) is 41.6 Å². The first-order valence-corrected chi connectivity index (χ1v) is 7.06. The molecule has 0 radical (unpaired) electrons. The molecule has 1 aromatic rings. The van der Waals surface area contributed by atoms with Crippen molar-refractivity contribution in [1.29, 1.82) is 0 Å². The number of benzene rings is 1. The molecule has 2 rings (SSSR count). The number of hydrogen-bond donors (Lipinski definition) is 2. The number of rotatable bonds is 4. The zero-order valence-electron chi connectivity index (χ0n) is 12.1. The summed E-state index contributed by atoms with van der Waals surface area (Å²) in [5.41, 5.74) is 6.41. The standard InChI is InChI=1S/C15H20FN3O2/c1-10-8-11(6-7-13(10)16)15(20)19(9-14(17)18-21)12-4-2-3-5-12/h6-8,12,21H,2-5,9H2,1H3,(H2,17,18). The van der Waals surface area contributed by atoms with E-state index < -0.39 is 0 Å². The van der Waals surface area contributed by atoms with Crippen molar-refractivity contribution in [1.82, 2.24) is 4.90 Å². The Kier molecular flexibility index (Phi) is 4.77. The molecule has 1 aliphatic rings. The fraction of sp³-hybridized carbons (Fsp3) is 0.467. The van der Waals surface area contributed by atoms with Gasteiger partial charge in [-0.2, -0.15) is 0 Å². The molecule has 0 saturated heterocycles. The Morgan fingerprint density at radius 1 is 1.48 bits per heavy atom. The lowest BCUT2D eigenvalue weighted by Crippen LogP contribution is -2.44. The molecule has 0 unspecified atom stereocenters. The summed E-state index contributed by atoms with van der Waals surface area (Å²) in [6.45, 7) is 1.70. The predicted octanol–water partition coefficient (Wildman–Crippen LogP) is 2.27. The normalized spacial score (nSPS) is 16.2. The third kappa shape index (κ3) is 3.51. The zero-order chi connectivity index (χ0) is 15.4. The van der Waals surface area contributed by atoms with Crippen LogP contribution in [0.15, 0.2) is 23.4 Å². The van der Waals surface area contributed by atoms with Crippen LogP contribution in [-0.4, -0.2) is 34.4 Å². The Morgan fingerprint density at radius 3 is 2.71 bits per heavy atom. The average molecular weight is 293 g/mol. The van der Waals surface area contributed by atoms with E-state index in [4.69, 9.17) is 10.9 Å². The van der Waals surface area contributed by atoms with Crippen molar-refractivity contribution in [3.8, 4) is 0 Å². The number of nitrogens with zero attached hydrogens (tertiary/aromatic N) is 2. The van der Waals surface area contributed by atoms with Crippen LogP contribution in [0.2, 0.25) is 0 Å². The molecule has 0 aromatic heterocycles. The highest BCUT2D eigenvalue weighted by molar-refractivity contribution is 5.97. The average Bonchev–Trinajstić information content (AvgIpc) is 3.00. The van der Waals surface area contributed by atoms with E-state index in [0.717, 1.165) is 25.7 Å². The predicted molar refractivity (Wildman–Crippen MR) is 77.8 cm³/mol. The van der Waals surface area contributed by atoms with Crippen molar-refractivity contribution in [3.63, 3.8) is 0 Å². The van der Waals surface area contributed by atoms with Gasteiger partial charge >= 0.3 is 0 Å². The molecule has 0 heterocycles. The minimum atomic E-state index is -0.338. The van der Waals surface area contributed by atoms with Gasteiger partial charge in [0.1, 0.15) is 5.82 Å². The maximum Gasteiger partial charge on any atom is 0.254 e. The van der Waals surface area contributed by atoms with Crippen LogP contribution < -0.4 is 5.73 Å². The van der Waals surface area contributed by atoms with Crippen molar-refractivity contribution in [2.75, 3.05) is 6.54 Å². The van der Waals surface area contributed by atoms with Gasteiger partial charge in [-0.25, -0.2) is 4.39 Å². The molecule has 1 fully saturated rings. The zero-order valence-corrected chi connectivity index (χ0v) is 12.1. The SMILES string of the molecule is Cc1cc(C(=O)N(CC(N)=NO)C2CCCC2)ccc1F. The molecule has 1 amide bonds. The number of amidine groups is 1. The fourth-order valence-corrected chi connectivity index (χ4v) is 2.73. The molecule has 0 spiro atoms. The summed E-state index contributed by atoms with van der Waals surface area (Å²) >= 11 is 0. The first kappa shape index (κ1) is 15.3. The number of carbonyl (C=O) groups excluding carboxylic acids is 1. The number of halogens is 1. The van der Waals surface area contributed by atoms with Gasteiger partial charge in [0.25, 0.3) is 5.91 Å². The van der Waals surface area contributed by atoms with E-state index in [1.165, 1.54) is 18.2 Å². The summed E-state index contributed by atoms with van der Waals surface area (Å²) in [6, 6.07) is 4.38. The van der Waals surface area contributed by atoms with Crippen LogP contribution in [-0.2, 0) is 0 Å². The molecule has 1 saturated carbocycles. The molecular formula is C15H20FN3O2. The molecule has 6 heteroatoms. The highest BCUT2D eigenvalue weighted by Crippen LogP contribution is 2.25. The van der Waals surface area contributed by atoms with Gasteiger partial charge in [-0.05, 0) is 43.5 Å². The second-order valence-corrected chi connectivity index (χ2v) is 5.43. The Labute approximate surface area is 123 Å². The molecule has 21 heavy (non-hydrogen) atoms. The smallest absolute Gasteiger partial charge is 0.254 e. The number of amides is 1. The largest absolute Gasteiger partial charge is 0.409 e. The Hall–Kier alpha value is -2.11. The van der Waals surface area contributed by atoms with Gasteiger partial charge in [-0.3, -0.25) is 4.79 Å². The van der Waals surface area contributed by atoms with Gasteiger partial charge in [-0.1, -0.05) is 18.0 Å². The van der Waals surface area contributed by atoms with Crippen LogP contribution in [0.4, 0.5) is 4.39 Å². The van der Waals surface area contributed by atoms with Crippen molar-refractivity contribution in [3.05, 3.63) is 35.1 Å². The van der Waals surface area contributed by atoms with Gasteiger partial charge in [0.15, 0.2) is 5.84 Å². The van der Waals surface area contributed by atoms with Crippen LogP contribution in [0.25, 0.3) is 0 Å². The Balaban J connectivity index is 2.25. The van der Waals surface area contributed by atoms with Gasteiger partial charge in [-0.15, -0.1) is 0 Å². The van der Waals surface area contributed by atoms with E-state index in [0.29, 0.717) is 11.1 Å². The van der Waals surface area contributed by atoms with Crippen LogP contribution in [0.3, 0.4) is 0 Å². The maximum atomic E-state index is 13.3. The summed E-state index contributed by atoms with van der Waals surface area (Å²) in [5.74, 6) is -0.555. The number of carbonyl (C=O) groups is 1. The van der Waals surface area contributed by atoms with Gasteiger partial charge < -0.3 is 15.8 Å². The van der Waals surface area contributed by atoms with Crippen LogP contribution in [0, 0.1) is 12.7 Å². The Bertz CT molecular complexity index is 554. The second kappa shape index (κ2) is 6.56. The highest BCUT2D eigenvalue weighted by atomic mass is 19.1. The van der Waals surface area contributed by atoms with Crippen molar-refractivity contribution in [2.24, 2.45) is 10.9 Å². The molecule has 5 nitrogen and oxygen atoms in total. The number of nitrogens with two attached hydrogens (primary N) is 1. The first-order valence-electron chi connectivity index (χ1n) is 7.06. The lowest BCUT2D eigenvalue weighted by atomic mass is 10.1. The topological polar surface area (TPSA) is 78.9 Å². The first-order chi connectivity index (χ1) is 10.0. The summed E-state index contributed by atoms with van der Waals surface area (Å²) < 4.78 is 13.3. The minimum Gasteiger partial charge on any atom is -0.409 e. The molecule has 0 aliphatic heterocycles. The minimum absolute atomic E-state index is 0.00548. The molecule has 0 bridgehead atoms. The van der Waals surface area contributed by atoms with E-state index in [9.17, 15) is 9.18 Å². The maximum absolute atomic E-state index is 13.3. The summed E-state index contributed by atoms with van der Waals surface area (Å²) in [6.07, 6.45) is 3.94. The van der Waals surface area contributed by atoms with E-state index in [-0.39, 0.29) is 30.1 Å². The number of aryl methyl sites for hydroxylation is 1. The third-order valence-electron chi connectivity index (χ3n) is 3.89. The van der Waals surface area contributed by atoms with Crippen molar-refractivity contribution in [2.45, 2.75) is 38.6 Å². The molecule has 0 atom stereocenters. The van der Waals surface area contributed by atoms with Crippen molar-refractivity contribution >= 4 is 11.7 Å². The van der Waals surface area contributed by atoms with E-state index >= 15 is 0 Å². The van der Waals surface area contributed by atoms with Crippen LogP contribution >= 0.6 is 0 Å². The quantitative estimate of drug-likeness (QED) is 0.387. The van der Waals surface area contributed by atoms with Gasteiger partial charge in [0.2, 0.25) is 0 Å². The van der Waals surface area contributed by atoms with Gasteiger partial charge in [0, 0.05) is 11.6 Å². The van der Waals surface area contributed by atoms with E-state index in [1.807, 2.05) is 0 Å². The fourth-order valence-electron chi connectivity index (χ4n) is 2.73. The third-order valence-corrected chi connectivity index (χ3v) is 3.89. The summed E-state index contributed by atoms with van der Waals surface area (Å²) in [7, 11) is 0. The number of hydrogen-bond acceptors (Lipinski definition) is 3. The van der Waals surface area contributed by atoms with Gasteiger partial charge in [0.05, 0.1) is 6.54 Å².